The van der Waals surface area contributed by atoms with Crippen LogP contribution < -0.4 is 24.3 Å². The lowest BCUT2D eigenvalue weighted by molar-refractivity contribution is 0.104. The summed E-state index contributed by atoms with van der Waals surface area (Å²) in [7, 11) is 6.32. The Morgan fingerprint density at radius 1 is 0.765 bits per heavy atom. The average molecular weight is 480 g/mol. The Balaban J connectivity index is 1.79. The quantitative estimate of drug-likeness (QED) is 0.207. The molecule has 3 rings (SSSR count). The van der Waals surface area contributed by atoms with Gasteiger partial charge in [0, 0.05) is 22.9 Å². The molecule has 0 saturated carbocycles. The van der Waals surface area contributed by atoms with E-state index in [1.54, 1.807) is 58.9 Å². The fraction of sp³-hybridized carbons (Fsp3) is 0.148. The minimum atomic E-state index is -0.137. The van der Waals surface area contributed by atoms with Crippen molar-refractivity contribution in [1.29, 1.82) is 0 Å². The summed E-state index contributed by atoms with van der Waals surface area (Å²) in [6, 6.07) is 16.2. The maximum absolute atomic E-state index is 12.3. The second-order valence-electron chi connectivity index (χ2n) is 7.10. The maximum atomic E-state index is 12.3. The highest BCUT2D eigenvalue weighted by Gasteiger charge is 2.12. The van der Waals surface area contributed by atoms with Crippen LogP contribution in [0.2, 0.25) is 5.02 Å². The summed E-state index contributed by atoms with van der Waals surface area (Å²) in [5.41, 5.74) is 3.08. The summed E-state index contributed by atoms with van der Waals surface area (Å²) < 4.78 is 21.6. The van der Waals surface area contributed by atoms with E-state index in [0.29, 0.717) is 33.6 Å². The lowest BCUT2D eigenvalue weighted by Crippen LogP contribution is -1.97. The van der Waals surface area contributed by atoms with Gasteiger partial charge in [0.1, 0.15) is 5.75 Å². The highest BCUT2D eigenvalue weighted by atomic mass is 35.5. The standard InChI is InChI=1S/C27H26ClNO5/c1-31-24-12-7-18(5-6-19-16-25(32-2)27(34-4)26(17-19)33-3)15-22(24)29-14-13-23(30)20-8-10-21(28)11-9-20/h5-17,29H,1-4H3. The smallest absolute Gasteiger partial charge is 0.203 e. The molecule has 3 aromatic rings. The predicted molar refractivity (Wildman–Crippen MR) is 137 cm³/mol. The van der Waals surface area contributed by atoms with Crippen molar-refractivity contribution in [2.24, 2.45) is 0 Å². The molecule has 34 heavy (non-hydrogen) atoms. The maximum Gasteiger partial charge on any atom is 0.203 e. The number of benzene rings is 3. The van der Waals surface area contributed by atoms with E-state index in [1.165, 1.54) is 6.08 Å². The van der Waals surface area contributed by atoms with Gasteiger partial charge in [-0.15, -0.1) is 0 Å². The summed E-state index contributed by atoms with van der Waals surface area (Å²) in [5.74, 6) is 2.20. The van der Waals surface area contributed by atoms with E-state index >= 15 is 0 Å². The van der Waals surface area contributed by atoms with E-state index in [-0.39, 0.29) is 5.78 Å². The van der Waals surface area contributed by atoms with Crippen LogP contribution in [0.15, 0.2) is 66.9 Å². The van der Waals surface area contributed by atoms with E-state index in [1.807, 2.05) is 42.5 Å². The Bertz CT molecular complexity index is 1180. The zero-order chi connectivity index (χ0) is 24.5. The molecule has 0 aliphatic heterocycles. The van der Waals surface area contributed by atoms with Crippen LogP contribution in [0.1, 0.15) is 21.5 Å². The van der Waals surface area contributed by atoms with Crippen molar-refractivity contribution in [3.8, 4) is 23.0 Å². The van der Waals surface area contributed by atoms with Crippen LogP contribution in [0.3, 0.4) is 0 Å². The fourth-order valence-electron chi connectivity index (χ4n) is 3.25. The van der Waals surface area contributed by atoms with Gasteiger partial charge in [-0.05, 0) is 59.7 Å². The minimum absolute atomic E-state index is 0.137. The molecule has 6 nitrogen and oxygen atoms in total. The third-order valence-corrected chi connectivity index (χ3v) is 5.23. The first-order valence-corrected chi connectivity index (χ1v) is 10.8. The van der Waals surface area contributed by atoms with Crippen molar-refractivity contribution < 1.29 is 23.7 Å². The third-order valence-electron chi connectivity index (χ3n) is 4.98. The Morgan fingerprint density at radius 2 is 1.38 bits per heavy atom. The topological polar surface area (TPSA) is 66.0 Å². The Morgan fingerprint density at radius 3 is 1.97 bits per heavy atom. The molecule has 3 aromatic carbocycles. The Labute approximate surface area is 204 Å². The Hall–Kier alpha value is -3.90. The highest BCUT2D eigenvalue weighted by molar-refractivity contribution is 6.30. The molecule has 1 N–H and O–H groups in total. The monoisotopic (exact) mass is 479 g/mol. The molecule has 0 fully saturated rings. The van der Waals surface area contributed by atoms with Crippen molar-refractivity contribution in [3.63, 3.8) is 0 Å². The molecule has 0 aromatic heterocycles. The number of ether oxygens (including phenoxy) is 4. The van der Waals surface area contributed by atoms with Gasteiger partial charge in [-0.1, -0.05) is 29.8 Å². The van der Waals surface area contributed by atoms with E-state index in [2.05, 4.69) is 5.32 Å². The summed E-state index contributed by atoms with van der Waals surface area (Å²) in [4.78, 5) is 12.3. The van der Waals surface area contributed by atoms with Crippen LogP contribution in [-0.2, 0) is 0 Å². The number of nitrogens with one attached hydrogen (secondary N) is 1. The van der Waals surface area contributed by atoms with E-state index in [4.69, 9.17) is 30.5 Å². The van der Waals surface area contributed by atoms with Crippen molar-refractivity contribution in [2.75, 3.05) is 33.8 Å². The predicted octanol–water partition coefficient (Wildman–Crippen LogP) is 6.35. The second-order valence-corrected chi connectivity index (χ2v) is 7.54. The van der Waals surface area contributed by atoms with E-state index < -0.39 is 0 Å². The third kappa shape index (κ3) is 6.11. The van der Waals surface area contributed by atoms with Gasteiger partial charge in [-0.25, -0.2) is 0 Å². The Kier molecular flexibility index (Phi) is 8.60. The lowest BCUT2D eigenvalue weighted by atomic mass is 10.1. The number of hydrogen-bond donors (Lipinski definition) is 1. The first kappa shape index (κ1) is 24.7. The largest absolute Gasteiger partial charge is 0.495 e. The first-order chi connectivity index (χ1) is 16.5. The molecule has 0 aliphatic rings. The normalized spacial score (nSPS) is 11.0. The first-order valence-electron chi connectivity index (χ1n) is 10.4. The van der Waals surface area contributed by atoms with Crippen molar-refractivity contribution in [3.05, 3.63) is 88.6 Å². The van der Waals surface area contributed by atoms with Crippen LogP contribution in [0.5, 0.6) is 23.0 Å². The molecule has 176 valence electrons. The summed E-state index contributed by atoms with van der Waals surface area (Å²) in [6.07, 6.45) is 6.94. The SMILES string of the molecule is COc1ccc(C=Cc2cc(OC)c(OC)c(OC)c2)cc1NC=CC(=O)c1ccc(Cl)cc1. The van der Waals surface area contributed by atoms with Gasteiger partial charge in [0.15, 0.2) is 17.3 Å². The molecule has 0 heterocycles. The van der Waals surface area contributed by atoms with Crippen LogP contribution in [0.4, 0.5) is 5.69 Å². The second kappa shape index (κ2) is 11.8. The zero-order valence-corrected chi connectivity index (χ0v) is 20.2. The highest BCUT2D eigenvalue weighted by Crippen LogP contribution is 2.38. The molecular weight excluding hydrogens is 454 g/mol. The van der Waals surface area contributed by atoms with Gasteiger partial charge >= 0.3 is 0 Å². The van der Waals surface area contributed by atoms with E-state index in [0.717, 1.165) is 16.8 Å². The van der Waals surface area contributed by atoms with Crippen LogP contribution in [0, 0.1) is 0 Å². The van der Waals surface area contributed by atoms with Gasteiger partial charge < -0.3 is 24.3 Å². The lowest BCUT2D eigenvalue weighted by Gasteiger charge is -2.13. The van der Waals surface area contributed by atoms with Gasteiger partial charge in [0.05, 0.1) is 34.1 Å². The molecule has 0 bridgehead atoms. The number of rotatable bonds is 10. The summed E-state index contributed by atoms with van der Waals surface area (Å²) >= 11 is 5.88. The zero-order valence-electron chi connectivity index (χ0n) is 19.4. The van der Waals surface area contributed by atoms with Crippen molar-refractivity contribution in [1.82, 2.24) is 0 Å². The van der Waals surface area contributed by atoms with Crippen molar-refractivity contribution >= 4 is 35.2 Å². The van der Waals surface area contributed by atoms with Crippen LogP contribution >= 0.6 is 11.6 Å². The van der Waals surface area contributed by atoms with Gasteiger partial charge in [-0.2, -0.15) is 0 Å². The number of anilines is 1. The fourth-order valence-corrected chi connectivity index (χ4v) is 3.38. The number of methoxy groups -OCH3 is 4. The van der Waals surface area contributed by atoms with Gasteiger partial charge in [0.2, 0.25) is 5.75 Å². The summed E-state index contributed by atoms with van der Waals surface area (Å²) in [5, 5.41) is 3.71. The van der Waals surface area contributed by atoms with Crippen LogP contribution in [-0.4, -0.2) is 34.2 Å². The number of halogens is 1. The molecule has 0 atom stereocenters. The number of hydrogen-bond acceptors (Lipinski definition) is 6. The van der Waals surface area contributed by atoms with Gasteiger partial charge in [0.25, 0.3) is 0 Å². The van der Waals surface area contributed by atoms with Gasteiger partial charge in [-0.3, -0.25) is 4.79 Å². The minimum Gasteiger partial charge on any atom is -0.495 e. The number of carbonyl (C=O) groups is 1. The molecule has 0 radical (unpaired) electrons. The number of carbonyl (C=O) groups excluding carboxylic acids is 1. The van der Waals surface area contributed by atoms with Crippen molar-refractivity contribution in [2.45, 2.75) is 0 Å². The number of allylic oxidation sites excluding steroid dienone is 1. The molecule has 0 spiro atoms. The van der Waals surface area contributed by atoms with E-state index in [9.17, 15) is 4.79 Å². The molecular formula is C27H26ClNO5. The average Bonchev–Trinajstić information content (AvgIpc) is 2.87. The molecule has 7 heteroatoms. The molecule has 0 unspecified atom stereocenters. The molecule has 0 saturated heterocycles. The summed E-state index contributed by atoms with van der Waals surface area (Å²) in [6.45, 7) is 0. The van der Waals surface area contributed by atoms with Crippen LogP contribution in [0.25, 0.3) is 12.2 Å². The number of ketones is 1. The molecule has 0 aliphatic carbocycles. The molecule has 0 amide bonds.